The predicted molar refractivity (Wildman–Crippen MR) is 132 cm³/mol. The van der Waals surface area contributed by atoms with E-state index in [0.29, 0.717) is 18.5 Å². The molecule has 3 aliphatic heterocycles. The van der Waals surface area contributed by atoms with Gasteiger partial charge in [0.25, 0.3) is 0 Å². The Balaban J connectivity index is 1.49. The van der Waals surface area contributed by atoms with Crippen LogP contribution in [0.2, 0.25) is 0 Å². The van der Waals surface area contributed by atoms with Gasteiger partial charge in [0, 0.05) is 17.0 Å². The highest BCUT2D eigenvalue weighted by Gasteiger charge is 2.54. The summed E-state index contributed by atoms with van der Waals surface area (Å²) in [6.07, 6.45) is 0.0333. The minimum Gasteiger partial charge on any atom is -0.450 e. The summed E-state index contributed by atoms with van der Waals surface area (Å²) in [7, 11) is 0. The molecule has 1 fully saturated rings. The van der Waals surface area contributed by atoms with Crippen molar-refractivity contribution in [3.05, 3.63) is 76.5 Å². The number of rotatable bonds is 5. The highest BCUT2D eigenvalue weighted by molar-refractivity contribution is 8.04. The number of thioether (sulfide) groups is 1. The lowest BCUT2D eigenvalue weighted by molar-refractivity contribution is -0.122. The number of Topliss-reactive ketones (excluding diaryl/α,β-unsaturated/α-hetero) is 1. The average Bonchev–Trinajstić information content (AvgIpc) is 3.27. The lowest BCUT2D eigenvalue weighted by Crippen LogP contribution is -2.61. The summed E-state index contributed by atoms with van der Waals surface area (Å²) in [6.45, 7) is 2.45. The van der Waals surface area contributed by atoms with Crippen molar-refractivity contribution in [3.63, 3.8) is 0 Å². The maximum atomic E-state index is 13.7. The van der Waals surface area contributed by atoms with E-state index < -0.39 is 35.1 Å². The van der Waals surface area contributed by atoms with Crippen LogP contribution in [0, 0.1) is 11.7 Å². The zero-order valence-corrected chi connectivity index (χ0v) is 20.4. The van der Waals surface area contributed by atoms with E-state index in [1.54, 1.807) is 42.2 Å². The SMILES string of the molecule is CCOC(=O)N1CCC2=C(C1)SC1C2C(=O)N(c2ccc(F)cc2)C(=O)N1CC(=O)c1ccccc1. The maximum Gasteiger partial charge on any atom is 0.410 e. The minimum atomic E-state index is -0.666. The smallest absolute Gasteiger partial charge is 0.410 e. The molecule has 0 radical (unpaired) electrons. The van der Waals surface area contributed by atoms with E-state index in [-0.39, 0.29) is 31.2 Å². The van der Waals surface area contributed by atoms with Gasteiger partial charge < -0.3 is 14.5 Å². The van der Waals surface area contributed by atoms with Crippen molar-refractivity contribution in [2.75, 3.05) is 31.1 Å². The molecule has 10 heteroatoms. The number of carbonyl (C=O) groups excluding carboxylic acids is 4. The molecule has 2 unspecified atom stereocenters. The van der Waals surface area contributed by atoms with Crippen LogP contribution >= 0.6 is 11.8 Å². The molecule has 2 atom stereocenters. The Bertz CT molecular complexity index is 1250. The standard InChI is InChI=1S/C26H24FN3O5S/c1-2-35-26(34)28-13-12-19-21(15-28)36-24-22(19)23(32)30(18-10-8-17(27)9-11-18)25(33)29(24)14-20(31)16-6-4-3-5-7-16/h3-11,22,24H,2,12-15H2,1H3. The molecule has 8 nitrogen and oxygen atoms in total. The summed E-state index contributed by atoms with van der Waals surface area (Å²) in [4.78, 5) is 57.7. The summed E-state index contributed by atoms with van der Waals surface area (Å²) in [5.74, 6) is -1.82. The van der Waals surface area contributed by atoms with E-state index in [4.69, 9.17) is 4.74 Å². The summed E-state index contributed by atoms with van der Waals surface area (Å²) >= 11 is 1.35. The normalized spacial score (nSPS) is 21.4. The second-order valence-electron chi connectivity index (χ2n) is 8.65. The number of anilines is 1. The van der Waals surface area contributed by atoms with E-state index >= 15 is 0 Å². The number of halogens is 1. The Hall–Kier alpha value is -3.66. The Morgan fingerprint density at radius 3 is 2.50 bits per heavy atom. The number of fused-ring (bicyclic) bond motifs is 2. The number of urea groups is 1. The summed E-state index contributed by atoms with van der Waals surface area (Å²) in [5, 5.41) is -0.610. The zero-order chi connectivity index (χ0) is 25.4. The molecule has 0 saturated carbocycles. The average molecular weight is 510 g/mol. The van der Waals surface area contributed by atoms with Gasteiger partial charge in [-0.3, -0.25) is 9.59 Å². The first-order valence-corrected chi connectivity index (χ1v) is 12.6. The first kappa shape index (κ1) is 24.1. The van der Waals surface area contributed by atoms with Crippen molar-refractivity contribution in [3.8, 4) is 0 Å². The number of carbonyl (C=O) groups is 4. The van der Waals surface area contributed by atoms with Gasteiger partial charge in [-0.15, -0.1) is 11.8 Å². The number of imide groups is 1. The largest absolute Gasteiger partial charge is 0.450 e. The number of amides is 4. The Morgan fingerprint density at radius 2 is 1.81 bits per heavy atom. The van der Waals surface area contributed by atoms with Crippen molar-refractivity contribution < 1.29 is 28.3 Å². The molecule has 2 aromatic carbocycles. The van der Waals surface area contributed by atoms with E-state index in [1.807, 2.05) is 0 Å². The molecular weight excluding hydrogens is 485 g/mol. The first-order chi connectivity index (χ1) is 17.4. The molecule has 0 bridgehead atoms. The molecule has 0 N–H and O–H groups in total. The highest BCUT2D eigenvalue weighted by Crippen LogP contribution is 2.50. The third kappa shape index (κ3) is 4.26. The van der Waals surface area contributed by atoms with Crippen molar-refractivity contribution in [1.29, 1.82) is 0 Å². The van der Waals surface area contributed by atoms with Crippen LogP contribution in [0.3, 0.4) is 0 Å². The summed E-state index contributed by atoms with van der Waals surface area (Å²) in [6, 6.07) is 13.2. The molecule has 0 spiro atoms. The lowest BCUT2D eigenvalue weighted by Gasteiger charge is -2.42. The van der Waals surface area contributed by atoms with Gasteiger partial charge >= 0.3 is 12.1 Å². The molecule has 0 aliphatic carbocycles. The van der Waals surface area contributed by atoms with Gasteiger partial charge in [-0.2, -0.15) is 0 Å². The number of benzene rings is 2. The molecule has 2 aromatic rings. The van der Waals surface area contributed by atoms with Gasteiger partial charge in [-0.05, 0) is 43.2 Å². The molecule has 5 rings (SSSR count). The van der Waals surface area contributed by atoms with Crippen LogP contribution < -0.4 is 4.90 Å². The lowest BCUT2D eigenvalue weighted by atomic mass is 9.90. The Kier molecular flexibility index (Phi) is 6.53. The Morgan fingerprint density at radius 1 is 1.08 bits per heavy atom. The minimum absolute atomic E-state index is 0.218. The van der Waals surface area contributed by atoms with Gasteiger partial charge in [0.1, 0.15) is 5.82 Å². The van der Waals surface area contributed by atoms with Crippen molar-refractivity contribution >= 4 is 41.3 Å². The van der Waals surface area contributed by atoms with Gasteiger partial charge in [-0.25, -0.2) is 18.9 Å². The molecule has 1 saturated heterocycles. The topological polar surface area (TPSA) is 87.2 Å². The molecule has 0 aromatic heterocycles. The van der Waals surface area contributed by atoms with Gasteiger partial charge in [0.15, 0.2) is 5.78 Å². The monoisotopic (exact) mass is 509 g/mol. The number of ether oxygens (including phenoxy) is 1. The number of hydrogen-bond donors (Lipinski definition) is 0. The van der Waals surface area contributed by atoms with Crippen molar-refractivity contribution in [2.24, 2.45) is 5.92 Å². The van der Waals surface area contributed by atoms with E-state index in [1.165, 1.54) is 40.9 Å². The zero-order valence-electron chi connectivity index (χ0n) is 19.6. The predicted octanol–water partition coefficient (Wildman–Crippen LogP) is 4.28. The molecule has 186 valence electrons. The van der Waals surface area contributed by atoms with Gasteiger partial charge in [-0.1, -0.05) is 30.3 Å². The maximum absolute atomic E-state index is 13.7. The van der Waals surface area contributed by atoms with E-state index in [2.05, 4.69) is 0 Å². The number of nitrogens with zero attached hydrogens (tertiary/aromatic N) is 3. The van der Waals surface area contributed by atoms with E-state index in [9.17, 15) is 23.6 Å². The number of hydrogen-bond acceptors (Lipinski definition) is 6. The van der Waals surface area contributed by atoms with E-state index in [0.717, 1.165) is 15.4 Å². The molecular formula is C26H24FN3O5S. The van der Waals surface area contributed by atoms with Gasteiger partial charge in [0.05, 0.1) is 36.7 Å². The van der Waals surface area contributed by atoms with Crippen LogP contribution in [0.25, 0.3) is 0 Å². The van der Waals surface area contributed by atoms with Crippen molar-refractivity contribution in [1.82, 2.24) is 9.80 Å². The fraction of sp³-hybridized carbons (Fsp3) is 0.308. The summed E-state index contributed by atoms with van der Waals surface area (Å²) in [5.41, 5.74) is 1.57. The fourth-order valence-corrected chi connectivity index (χ4v) is 6.40. The van der Waals surface area contributed by atoms with Crippen LogP contribution in [-0.4, -0.2) is 65.2 Å². The van der Waals surface area contributed by atoms with Gasteiger partial charge in [0.2, 0.25) is 5.91 Å². The van der Waals surface area contributed by atoms with Crippen LogP contribution in [-0.2, 0) is 9.53 Å². The third-order valence-electron chi connectivity index (χ3n) is 6.52. The number of ketones is 1. The molecule has 36 heavy (non-hydrogen) atoms. The second kappa shape index (κ2) is 9.77. The molecule has 3 aliphatic rings. The van der Waals surface area contributed by atoms with Crippen LogP contribution in [0.4, 0.5) is 19.7 Å². The highest BCUT2D eigenvalue weighted by atomic mass is 32.2. The fourth-order valence-electron chi connectivity index (χ4n) is 4.79. The third-order valence-corrected chi connectivity index (χ3v) is 7.96. The quantitative estimate of drug-likeness (QED) is 0.559. The van der Waals surface area contributed by atoms with Crippen molar-refractivity contribution in [2.45, 2.75) is 18.7 Å². The summed E-state index contributed by atoms with van der Waals surface area (Å²) < 4.78 is 18.7. The van der Waals surface area contributed by atoms with Crippen LogP contribution in [0.5, 0.6) is 0 Å². The van der Waals surface area contributed by atoms with Crippen LogP contribution in [0.15, 0.2) is 65.1 Å². The second-order valence-corrected chi connectivity index (χ2v) is 9.87. The molecule has 3 heterocycles. The first-order valence-electron chi connectivity index (χ1n) is 11.7. The van der Waals surface area contributed by atoms with Crippen LogP contribution in [0.1, 0.15) is 23.7 Å². The molecule has 4 amide bonds. The Labute approximate surface area is 211 Å².